The van der Waals surface area contributed by atoms with Crippen LogP contribution in [-0.2, 0) is 14.8 Å². The highest BCUT2D eigenvalue weighted by Gasteiger charge is 2.39. The Morgan fingerprint density at radius 2 is 2.18 bits per heavy atom. The molecule has 10 heteroatoms. The molecule has 1 aliphatic heterocycles. The number of piperidine rings is 1. The summed E-state index contributed by atoms with van der Waals surface area (Å²) in [6.07, 6.45) is 1.21. The van der Waals surface area contributed by atoms with Gasteiger partial charge in [0, 0.05) is 31.2 Å². The van der Waals surface area contributed by atoms with E-state index in [-0.39, 0.29) is 24.4 Å². The quantitative estimate of drug-likeness (QED) is 0.701. The predicted octanol–water partition coefficient (Wildman–Crippen LogP) is 2.68. The summed E-state index contributed by atoms with van der Waals surface area (Å²) in [5.41, 5.74) is 3.02. The van der Waals surface area contributed by atoms with Crippen LogP contribution in [0.5, 0.6) is 0 Å². The molecule has 1 N–H and O–H groups in total. The van der Waals surface area contributed by atoms with Crippen molar-refractivity contribution in [1.29, 1.82) is 0 Å². The summed E-state index contributed by atoms with van der Waals surface area (Å²) < 4.78 is 42.0. The first kappa shape index (κ1) is 18.9. The third-order valence-corrected chi connectivity index (χ3v) is 7.37. The third kappa shape index (κ3) is 3.62. The molecule has 28 heavy (non-hydrogen) atoms. The number of carbonyl (C=O) groups is 1. The Balaban J connectivity index is 1.44. The first-order chi connectivity index (χ1) is 13.4. The fourth-order valence-electron chi connectivity index (χ4n) is 3.21. The van der Waals surface area contributed by atoms with Crippen LogP contribution in [-0.4, -0.2) is 47.9 Å². The summed E-state index contributed by atoms with van der Waals surface area (Å²) in [5.74, 6) is -1.37. The van der Waals surface area contributed by atoms with Crippen LogP contribution in [0, 0.1) is 5.92 Å². The molecule has 0 unspecified atom stereocenters. The number of fused-ring (bicyclic) bond motifs is 1. The Kier molecular flexibility index (Phi) is 5.09. The zero-order valence-electron chi connectivity index (χ0n) is 14.7. The predicted molar refractivity (Wildman–Crippen MR) is 104 cm³/mol. The number of pyridine rings is 1. The monoisotopic (exact) mass is 420 g/mol. The number of rotatable bonds is 4. The standard InChI is InChI=1S/C18H17FN4O3S2/c19-15-10-23(28(25,26)13-2-1-6-20-9-13)7-5-14(15)18(24)22-12-3-4-17-16(8-12)21-11-27-17/h1-4,6,8-9,11,14-15H,5,7,10H2,(H,22,24)/t14-,15-/m0/s1. The minimum Gasteiger partial charge on any atom is -0.326 e. The van der Waals surface area contributed by atoms with E-state index in [1.54, 1.807) is 17.6 Å². The average Bonchev–Trinajstić information content (AvgIpc) is 3.16. The van der Waals surface area contributed by atoms with Crippen molar-refractivity contribution < 1.29 is 17.6 Å². The van der Waals surface area contributed by atoms with Crippen molar-refractivity contribution in [2.75, 3.05) is 18.4 Å². The van der Waals surface area contributed by atoms with Gasteiger partial charge in [-0.2, -0.15) is 4.31 Å². The molecule has 1 aliphatic rings. The van der Waals surface area contributed by atoms with Gasteiger partial charge in [0.25, 0.3) is 0 Å². The van der Waals surface area contributed by atoms with Crippen LogP contribution in [0.25, 0.3) is 10.2 Å². The highest BCUT2D eigenvalue weighted by atomic mass is 32.2. The number of nitrogens with zero attached hydrogens (tertiary/aromatic N) is 3. The van der Waals surface area contributed by atoms with Gasteiger partial charge in [-0.05, 0) is 36.8 Å². The molecule has 4 rings (SSSR count). The topological polar surface area (TPSA) is 92.3 Å². The molecule has 0 spiro atoms. The number of carbonyl (C=O) groups excluding carboxylic acids is 1. The van der Waals surface area contributed by atoms with Gasteiger partial charge in [0.2, 0.25) is 15.9 Å². The highest BCUT2D eigenvalue weighted by Crippen LogP contribution is 2.28. The fourth-order valence-corrected chi connectivity index (χ4v) is 5.30. The van der Waals surface area contributed by atoms with E-state index in [2.05, 4.69) is 15.3 Å². The normalized spacial score (nSPS) is 20.9. The molecule has 1 aromatic carbocycles. The van der Waals surface area contributed by atoms with Gasteiger partial charge >= 0.3 is 0 Å². The lowest BCUT2D eigenvalue weighted by atomic mass is 9.95. The third-order valence-electron chi connectivity index (χ3n) is 4.71. The Bertz CT molecular complexity index is 1100. The van der Waals surface area contributed by atoms with Crippen molar-refractivity contribution in [1.82, 2.24) is 14.3 Å². The van der Waals surface area contributed by atoms with Gasteiger partial charge in [-0.1, -0.05) is 0 Å². The fraction of sp³-hybridized carbons (Fsp3) is 0.278. The molecule has 3 aromatic rings. The van der Waals surface area contributed by atoms with Gasteiger partial charge in [0.05, 0.1) is 21.6 Å². The van der Waals surface area contributed by atoms with Crippen LogP contribution < -0.4 is 5.32 Å². The van der Waals surface area contributed by atoms with Crippen molar-refractivity contribution in [2.45, 2.75) is 17.5 Å². The molecular formula is C18H17FN4O3S2. The lowest BCUT2D eigenvalue weighted by molar-refractivity contribution is -0.123. The molecule has 7 nitrogen and oxygen atoms in total. The number of amides is 1. The molecule has 1 fully saturated rings. The van der Waals surface area contributed by atoms with Crippen molar-refractivity contribution in [3.05, 3.63) is 48.2 Å². The summed E-state index contributed by atoms with van der Waals surface area (Å²) in [6.45, 7) is -0.290. The number of alkyl halides is 1. The zero-order valence-corrected chi connectivity index (χ0v) is 16.3. The van der Waals surface area contributed by atoms with Crippen LogP contribution in [0.1, 0.15) is 6.42 Å². The van der Waals surface area contributed by atoms with Crippen molar-refractivity contribution in [3.63, 3.8) is 0 Å². The summed E-state index contributed by atoms with van der Waals surface area (Å²) in [5, 5.41) is 2.72. The van der Waals surface area contributed by atoms with Gasteiger partial charge in [-0.15, -0.1) is 11.3 Å². The SMILES string of the molecule is O=C(Nc1ccc2scnc2c1)[C@H]1CCN(S(=O)(=O)c2cccnc2)C[C@@H]1F. The number of sulfonamides is 1. The van der Waals surface area contributed by atoms with Crippen molar-refractivity contribution >= 4 is 43.2 Å². The van der Waals surface area contributed by atoms with E-state index in [0.29, 0.717) is 5.69 Å². The summed E-state index contributed by atoms with van der Waals surface area (Å²) in [4.78, 5) is 20.5. The van der Waals surface area contributed by atoms with Gasteiger partial charge in [-0.25, -0.2) is 17.8 Å². The smallest absolute Gasteiger partial charge is 0.244 e. The van der Waals surface area contributed by atoms with E-state index in [9.17, 15) is 17.6 Å². The number of hydrogen-bond acceptors (Lipinski definition) is 6. The second-order valence-corrected chi connectivity index (χ2v) is 9.31. The molecular weight excluding hydrogens is 403 g/mol. The van der Waals surface area contributed by atoms with E-state index < -0.39 is 28.0 Å². The molecule has 2 aromatic heterocycles. The van der Waals surface area contributed by atoms with Crippen LogP contribution in [0.4, 0.5) is 10.1 Å². The second kappa shape index (κ2) is 7.53. The summed E-state index contributed by atoms with van der Waals surface area (Å²) in [6, 6.07) is 8.26. The molecule has 1 amide bonds. The Morgan fingerprint density at radius 1 is 1.32 bits per heavy atom. The summed E-state index contributed by atoms with van der Waals surface area (Å²) in [7, 11) is -3.83. The number of thiazole rings is 1. The van der Waals surface area contributed by atoms with Gasteiger partial charge < -0.3 is 5.32 Å². The lowest BCUT2D eigenvalue weighted by Gasteiger charge is -2.33. The number of hydrogen-bond donors (Lipinski definition) is 1. The molecule has 1 saturated heterocycles. The molecule has 0 aliphatic carbocycles. The van der Waals surface area contributed by atoms with E-state index in [0.717, 1.165) is 14.5 Å². The van der Waals surface area contributed by atoms with Crippen molar-refractivity contribution in [2.24, 2.45) is 5.92 Å². The number of aromatic nitrogens is 2. The number of halogens is 1. The van der Waals surface area contributed by atoms with Crippen LogP contribution in [0.3, 0.4) is 0 Å². The van der Waals surface area contributed by atoms with E-state index in [4.69, 9.17) is 0 Å². The minimum atomic E-state index is -3.83. The minimum absolute atomic E-state index is 0.0154. The van der Waals surface area contributed by atoms with Gasteiger partial charge in [0.15, 0.2) is 0 Å². The molecule has 3 heterocycles. The zero-order chi connectivity index (χ0) is 19.7. The Morgan fingerprint density at radius 3 is 2.93 bits per heavy atom. The molecule has 2 atom stereocenters. The van der Waals surface area contributed by atoms with E-state index in [1.165, 1.54) is 35.9 Å². The van der Waals surface area contributed by atoms with Crippen LogP contribution in [0.15, 0.2) is 53.1 Å². The maximum absolute atomic E-state index is 14.7. The Labute approximate surface area is 165 Å². The molecule has 146 valence electrons. The highest BCUT2D eigenvalue weighted by molar-refractivity contribution is 7.89. The largest absolute Gasteiger partial charge is 0.326 e. The van der Waals surface area contributed by atoms with E-state index in [1.807, 2.05) is 6.07 Å². The van der Waals surface area contributed by atoms with Crippen LogP contribution >= 0.6 is 11.3 Å². The maximum Gasteiger partial charge on any atom is 0.244 e. The number of nitrogens with one attached hydrogen (secondary N) is 1. The molecule has 0 bridgehead atoms. The number of benzene rings is 1. The summed E-state index contributed by atoms with van der Waals surface area (Å²) >= 11 is 1.49. The molecule has 0 radical (unpaired) electrons. The lowest BCUT2D eigenvalue weighted by Crippen LogP contribution is -2.48. The molecule has 0 saturated carbocycles. The Hall–Kier alpha value is -2.43. The van der Waals surface area contributed by atoms with E-state index >= 15 is 0 Å². The average molecular weight is 420 g/mol. The number of anilines is 1. The van der Waals surface area contributed by atoms with Gasteiger partial charge in [-0.3, -0.25) is 9.78 Å². The first-order valence-electron chi connectivity index (χ1n) is 8.63. The van der Waals surface area contributed by atoms with Gasteiger partial charge in [0.1, 0.15) is 11.1 Å². The van der Waals surface area contributed by atoms with Crippen LogP contribution in [0.2, 0.25) is 0 Å². The van der Waals surface area contributed by atoms with Crippen molar-refractivity contribution in [3.8, 4) is 0 Å². The second-order valence-electron chi connectivity index (χ2n) is 6.49. The maximum atomic E-state index is 14.7. The first-order valence-corrected chi connectivity index (χ1v) is 11.0.